The van der Waals surface area contributed by atoms with Gasteiger partial charge in [-0.15, -0.1) is 11.8 Å². The number of hydrogen-bond acceptors (Lipinski definition) is 4. The molecule has 1 saturated heterocycles. The molecule has 28 heavy (non-hydrogen) atoms. The molecule has 0 aromatic heterocycles. The fourth-order valence-electron chi connectivity index (χ4n) is 3.59. The minimum absolute atomic E-state index is 0.0899. The predicted octanol–water partition coefficient (Wildman–Crippen LogP) is 2.72. The molecule has 0 saturated carbocycles. The van der Waals surface area contributed by atoms with Crippen LogP contribution in [0, 0.1) is 5.82 Å². The standard InChI is InChI=1S/C21H22FN3O2S/c22-17-7-5-16(6-8-17)21(27)24-11-9-23(10-12-24)15-20(26)25-13-14-28-19-4-2-1-3-18(19)25/h1-8H,9-15H2. The van der Waals surface area contributed by atoms with Crippen LogP contribution in [-0.2, 0) is 4.79 Å². The molecule has 0 radical (unpaired) electrons. The smallest absolute Gasteiger partial charge is 0.253 e. The van der Waals surface area contributed by atoms with Crippen LogP contribution in [0.25, 0.3) is 0 Å². The number of carbonyl (C=O) groups is 2. The van der Waals surface area contributed by atoms with Crippen molar-refractivity contribution in [1.82, 2.24) is 9.80 Å². The highest BCUT2D eigenvalue weighted by Crippen LogP contribution is 2.34. The van der Waals surface area contributed by atoms with E-state index in [-0.39, 0.29) is 17.6 Å². The average Bonchev–Trinajstić information content (AvgIpc) is 2.74. The fourth-order valence-corrected chi connectivity index (χ4v) is 4.58. The van der Waals surface area contributed by atoms with E-state index in [1.54, 1.807) is 16.7 Å². The Morgan fingerprint density at radius 3 is 2.39 bits per heavy atom. The van der Waals surface area contributed by atoms with Crippen LogP contribution < -0.4 is 4.90 Å². The van der Waals surface area contributed by atoms with Crippen LogP contribution in [0.5, 0.6) is 0 Å². The van der Waals surface area contributed by atoms with Gasteiger partial charge in [0.05, 0.1) is 12.2 Å². The van der Waals surface area contributed by atoms with Gasteiger partial charge in [0.15, 0.2) is 0 Å². The predicted molar refractivity (Wildman–Crippen MR) is 108 cm³/mol. The number of thioether (sulfide) groups is 1. The van der Waals surface area contributed by atoms with E-state index in [1.165, 1.54) is 24.3 Å². The van der Waals surface area contributed by atoms with Gasteiger partial charge in [-0.05, 0) is 36.4 Å². The molecule has 146 valence electrons. The summed E-state index contributed by atoms with van der Waals surface area (Å²) in [5.74, 6) is 0.569. The number of halogens is 1. The van der Waals surface area contributed by atoms with Crippen LogP contribution >= 0.6 is 11.8 Å². The van der Waals surface area contributed by atoms with Crippen molar-refractivity contribution < 1.29 is 14.0 Å². The molecule has 2 aliphatic rings. The Labute approximate surface area is 168 Å². The van der Waals surface area contributed by atoms with E-state index < -0.39 is 0 Å². The summed E-state index contributed by atoms with van der Waals surface area (Å²) in [7, 11) is 0. The maximum Gasteiger partial charge on any atom is 0.253 e. The van der Waals surface area contributed by atoms with Gasteiger partial charge in [-0.2, -0.15) is 0 Å². The highest BCUT2D eigenvalue weighted by molar-refractivity contribution is 7.99. The van der Waals surface area contributed by atoms with Gasteiger partial charge < -0.3 is 9.80 Å². The molecular weight excluding hydrogens is 377 g/mol. The number of fused-ring (bicyclic) bond motifs is 1. The summed E-state index contributed by atoms with van der Waals surface area (Å²) in [4.78, 5) is 32.3. The SMILES string of the molecule is O=C(c1ccc(F)cc1)N1CCN(CC(=O)N2CCSc3ccccc32)CC1. The summed E-state index contributed by atoms with van der Waals surface area (Å²) in [6, 6.07) is 13.6. The lowest BCUT2D eigenvalue weighted by atomic mass is 10.1. The molecule has 1 fully saturated rings. The maximum absolute atomic E-state index is 13.0. The number of rotatable bonds is 3. The van der Waals surface area contributed by atoms with Gasteiger partial charge in [0.2, 0.25) is 5.91 Å². The summed E-state index contributed by atoms with van der Waals surface area (Å²) >= 11 is 1.78. The first kappa shape index (κ1) is 19.0. The van der Waals surface area contributed by atoms with Crippen molar-refractivity contribution in [2.75, 3.05) is 49.9 Å². The molecule has 2 aromatic rings. The minimum Gasteiger partial charge on any atom is -0.336 e. The molecule has 2 heterocycles. The first-order valence-corrected chi connectivity index (χ1v) is 10.4. The van der Waals surface area contributed by atoms with Crippen LogP contribution in [0.1, 0.15) is 10.4 Å². The van der Waals surface area contributed by atoms with Crippen molar-refractivity contribution in [2.24, 2.45) is 0 Å². The maximum atomic E-state index is 13.0. The molecule has 0 unspecified atom stereocenters. The zero-order chi connectivity index (χ0) is 19.5. The van der Waals surface area contributed by atoms with E-state index in [9.17, 15) is 14.0 Å². The van der Waals surface area contributed by atoms with Crippen LogP contribution in [0.2, 0.25) is 0 Å². The van der Waals surface area contributed by atoms with Crippen LogP contribution in [0.15, 0.2) is 53.4 Å². The van der Waals surface area contributed by atoms with Gasteiger partial charge in [0.25, 0.3) is 5.91 Å². The van der Waals surface area contributed by atoms with E-state index in [1.807, 2.05) is 23.1 Å². The van der Waals surface area contributed by atoms with Crippen molar-refractivity contribution in [3.8, 4) is 0 Å². The third kappa shape index (κ3) is 4.05. The molecule has 0 atom stereocenters. The first-order valence-electron chi connectivity index (χ1n) is 9.41. The zero-order valence-electron chi connectivity index (χ0n) is 15.5. The van der Waals surface area contributed by atoms with Gasteiger partial charge in [-0.3, -0.25) is 14.5 Å². The van der Waals surface area contributed by atoms with Crippen LogP contribution in [0.4, 0.5) is 10.1 Å². The Balaban J connectivity index is 1.33. The zero-order valence-corrected chi connectivity index (χ0v) is 16.3. The van der Waals surface area contributed by atoms with Crippen molar-refractivity contribution in [2.45, 2.75) is 4.90 Å². The summed E-state index contributed by atoms with van der Waals surface area (Å²) < 4.78 is 13.0. The molecule has 0 bridgehead atoms. The van der Waals surface area contributed by atoms with E-state index in [0.29, 0.717) is 38.3 Å². The van der Waals surface area contributed by atoms with Crippen LogP contribution in [-0.4, -0.2) is 66.6 Å². The number of carbonyl (C=O) groups excluding carboxylic acids is 2. The fraction of sp³-hybridized carbons (Fsp3) is 0.333. The number of benzene rings is 2. The molecule has 0 aliphatic carbocycles. The molecule has 2 amide bonds. The molecule has 4 rings (SSSR count). The van der Waals surface area contributed by atoms with E-state index in [2.05, 4.69) is 11.0 Å². The number of anilines is 1. The van der Waals surface area contributed by atoms with E-state index >= 15 is 0 Å². The first-order chi connectivity index (χ1) is 13.6. The quantitative estimate of drug-likeness (QED) is 0.796. The Hall–Kier alpha value is -2.38. The van der Waals surface area contributed by atoms with Crippen molar-refractivity contribution >= 4 is 29.3 Å². The average molecular weight is 399 g/mol. The highest BCUT2D eigenvalue weighted by atomic mass is 32.2. The van der Waals surface area contributed by atoms with E-state index in [4.69, 9.17) is 0 Å². The minimum atomic E-state index is -0.349. The lowest BCUT2D eigenvalue weighted by Gasteiger charge is -2.36. The number of para-hydroxylation sites is 1. The third-order valence-electron chi connectivity index (χ3n) is 5.14. The molecular formula is C21H22FN3O2S. The molecule has 0 spiro atoms. The topological polar surface area (TPSA) is 43.9 Å². The van der Waals surface area contributed by atoms with Gasteiger partial charge in [0.1, 0.15) is 5.82 Å². The molecule has 2 aliphatic heterocycles. The number of piperazine rings is 1. The van der Waals surface area contributed by atoms with Crippen molar-refractivity contribution in [1.29, 1.82) is 0 Å². The van der Waals surface area contributed by atoms with Crippen molar-refractivity contribution in [3.05, 3.63) is 59.9 Å². The Bertz CT molecular complexity index is 866. The van der Waals surface area contributed by atoms with Crippen molar-refractivity contribution in [3.63, 3.8) is 0 Å². The summed E-state index contributed by atoms with van der Waals surface area (Å²) in [6.07, 6.45) is 0. The van der Waals surface area contributed by atoms with Gasteiger partial charge in [-0.1, -0.05) is 12.1 Å². The Morgan fingerprint density at radius 2 is 1.64 bits per heavy atom. The lowest BCUT2D eigenvalue weighted by Crippen LogP contribution is -2.52. The molecule has 0 N–H and O–H groups in total. The number of amides is 2. The third-order valence-corrected chi connectivity index (χ3v) is 6.18. The molecule has 2 aromatic carbocycles. The Morgan fingerprint density at radius 1 is 0.929 bits per heavy atom. The largest absolute Gasteiger partial charge is 0.336 e. The highest BCUT2D eigenvalue weighted by Gasteiger charge is 2.27. The van der Waals surface area contributed by atoms with E-state index in [0.717, 1.165) is 22.9 Å². The van der Waals surface area contributed by atoms with Gasteiger partial charge >= 0.3 is 0 Å². The second-order valence-corrected chi connectivity index (χ2v) is 8.07. The Kier molecular flexibility index (Phi) is 5.64. The summed E-state index contributed by atoms with van der Waals surface area (Å²) in [5, 5.41) is 0. The number of nitrogens with zero attached hydrogens (tertiary/aromatic N) is 3. The lowest BCUT2D eigenvalue weighted by molar-refractivity contribution is -0.120. The molecule has 7 heteroatoms. The summed E-state index contributed by atoms with van der Waals surface area (Å²) in [6.45, 7) is 3.53. The normalized spacial score (nSPS) is 17.3. The number of hydrogen-bond donors (Lipinski definition) is 0. The van der Waals surface area contributed by atoms with Gasteiger partial charge in [0, 0.05) is 48.9 Å². The van der Waals surface area contributed by atoms with Crippen LogP contribution in [0.3, 0.4) is 0 Å². The second-order valence-electron chi connectivity index (χ2n) is 6.94. The summed E-state index contributed by atoms with van der Waals surface area (Å²) in [5.41, 5.74) is 1.49. The second kappa shape index (κ2) is 8.32. The monoisotopic (exact) mass is 399 g/mol. The molecule has 5 nitrogen and oxygen atoms in total. The van der Waals surface area contributed by atoms with Gasteiger partial charge in [-0.25, -0.2) is 4.39 Å².